The fourth-order valence-corrected chi connectivity index (χ4v) is 5.81. The Bertz CT molecular complexity index is 1810. The largest absolute Gasteiger partial charge is 0.357 e. The van der Waals surface area contributed by atoms with Crippen molar-refractivity contribution in [2.24, 2.45) is 5.10 Å². The third-order valence-corrected chi connectivity index (χ3v) is 7.91. The minimum Gasteiger partial charge on any atom is -0.357 e. The molecule has 2 heterocycles. The Kier molecular flexibility index (Phi) is 7.39. The number of nitrogens with one attached hydrogen (secondary N) is 2. The smallest absolute Gasteiger partial charge is 0.258 e. The topological polar surface area (TPSA) is 60.5 Å². The lowest BCUT2D eigenvalue weighted by Crippen LogP contribution is -2.36. The van der Waals surface area contributed by atoms with Crippen LogP contribution in [0.25, 0.3) is 22.0 Å². The number of thiocarbonyl (C=S) groups is 1. The average Bonchev–Trinajstić information content (AvgIpc) is 3.41. The van der Waals surface area contributed by atoms with Crippen LogP contribution in [0.4, 0.5) is 0 Å². The van der Waals surface area contributed by atoms with Crippen molar-refractivity contribution in [2.75, 3.05) is 0 Å². The number of aromatic nitrogens is 1. The number of rotatable bonds is 5. The molecule has 1 aliphatic heterocycles. The molecule has 0 aliphatic carbocycles. The second-order valence-electron chi connectivity index (χ2n) is 9.54. The standard InChI is InChI=1S/C32H24Cl2N4OS/c33-22-15-16-26-24(17-22)29(21-11-5-2-6-12-21)30(31(39)36-26)27-18-28(23-13-7-8-14-25(23)34)38(37-27)32(40)35-19-20-9-3-1-4-10-20/h1-17,28H,18-19H2,(H,35,40)(H,36,39)/t28-/m0/s1. The maximum absolute atomic E-state index is 13.7. The highest BCUT2D eigenvalue weighted by atomic mass is 35.5. The highest BCUT2D eigenvalue weighted by Gasteiger charge is 2.35. The molecular formula is C32H24Cl2N4OS. The van der Waals surface area contributed by atoms with Gasteiger partial charge in [0.05, 0.1) is 17.3 Å². The minimum atomic E-state index is -0.294. The van der Waals surface area contributed by atoms with Crippen LogP contribution in [0, 0.1) is 0 Å². The van der Waals surface area contributed by atoms with Gasteiger partial charge in [-0.2, -0.15) is 5.10 Å². The lowest BCUT2D eigenvalue weighted by molar-refractivity contribution is 0.364. The number of hydrazone groups is 1. The molecule has 0 radical (unpaired) electrons. The van der Waals surface area contributed by atoms with Crippen LogP contribution in [-0.2, 0) is 6.54 Å². The summed E-state index contributed by atoms with van der Waals surface area (Å²) < 4.78 is 0. The number of hydrogen-bond donors (Lipinski definition) is 2. The summed E-state index contributed by atoms with van der Waals surface area (Å²) in [4.78, 5) is 16.8. The second-order valence-corrected chi connectivity index (χ2v) is 10.8. The van der Waals surface area contributed by atoms with Gasteiger partial charge in [-0.25, -0.2) is 5.01 Å². The molecule has 0 unspecified atom stereocenters. The summed E-state index contributed by atoms with van der Waals surface area (Å²) in [6, 6.07) is 32.7. The molecule has 0 bridgehead atoms. The van der Waals surface area contributed by atoms with Crippen LogP contribution in [0.2, 0.25) is 10.0 Å². The van der Waals surface area contributed by atoms with E-state index < -0.39 is 0 Å². The van der Waals surface area contributed by atoms with Crippen LogP contribution < -0.4 is 10.9 Å². The summed E-state index contributed by atoms with van der Waals surface area (Å²) in [5, 5.41) is 12.6. The lowest BCUT2D eigenvalue weighted by atomic mass is 9.91. The fraction of sp³-hybridized carbons (Fsp3) is 0.0938. The van der Waals surface area contributed by atoms with Gasteiger partial charge in [-0.05, 0) is 53.2 Å². The van der Waals surface area contributed by atoms with E-state index in [4.69, 9.17) is 40.5 Å². The third kappa shape index (κ3) is 5.13. The molecule has 5 nitrogen and oxygen atoms in total. The Morgan fingerprint density at radius 1 is 0.925 bits per heavy atom. The van der Waals surface area contributed by atoms with Crippen LogP contribution in [0.1, 0.15) is 29.2 Å². The highest BCUT2D eigenvalue weighted by molar-refractivity contribution is 7.80. The molecule has 1 atom stereocenters. The molecule has 40 heavy (non-hydrogen) atoms. The van der Waals surface area contributed by atoms with E-state index in [0.717, 1.165) is 27.6 Å². The zero-order valence-corrected chi connectivity index (χ0v) is 23.6. The van der Waals surface area contributed by atoms with Gasteiger partial charge in [-0.15, -0.1) is 0 Å². The van der Waals surface area contributed by atoms with E-state index in [9.17, 15) is 4.79 Å². The maximum Gasteiger partial charge on any atom is 0.258 e. The van der Waals surface area contributed by atoms with E-state index in [2.05, 4.69) is 10.3 Å². The molecule has 1 aromatic heterocycles. The van der Waals surface area contributed by atoms with Crippen molar-refractivity contribution in [3.05, 3.63) is 140 Å². The fourth-order valence-electron chi connectivity index (χ4n) is 5.14. The van der Waals surface area contributed by atoms with Crippen molar-refractivity contribution in [3.63, 3.8) is 0 Å². The zero-order chi connectivity index (χ0) is 27.6. The van der Waals surface area contributed by atoms with Crippen molar-refractivity contribution >= 4 is 57.1 Å². The number of pyridine rings is 1. The Morgan fingerprint density at radius 3 is 2.38 bits per heavy atom. The Labute approximate surface area is 247 Å². The molecule has 0 amide bonds. The first-order valence-corrected chi connectivity index (χ1v) is 14.0. The van der Waals surface area contributed by atoms with Crippen molar-refractivity contribution in [1.29, 1.82) is 0 Å². The average molecular weight is 584 g/mol. The summed E-state index contributed by atoms with van der Waals surface area (Å²) in [5.74, 6) is 0. The first-order valence-electron chi connectivity index (χ1n) is 12.8. The SMILES string of the molecule is O=c1[nH]c2ccc(Cl)cc2c(-c2ccccc2)c1C1=NN(C(=S)NCc2ccccc2)[C@H](c2ccccc2Cl)C1. The second kappa shape index (κ2) is 11.3. The number of halogens is 2. The van der Waals surface area contributed by atoms with E-state index in [1.165, 1.54) is 0 Å². The molecule has 5 aromatic rings. The normalized spacial score (nSPS) is 14.8. The van der Waals surface area contributed by atoms with E-state index >= 15 is 0 Å². The third-order valence-electron chi connectivity index (χ3n) is 7.00. The van der Waals surface area contributed by atoms with Crippen molar-refractivity contribution < 1.29 is 0 Å². The van der Waals surface area contributed by atoms with Crippen LogP contribution in [0.5, 0.6) is 0 Å². The molecule has 4 aromatic carbocycles. The van der Waals surface area contributed by atoms with Gasteiger partial charge in [0.15, 0.2) is 5.11 Å². The molecule has 6 rings (SSSR count). The molecule has 0 saturated heterocycles. The highest BCUT2D eigenvalue weighted by Crippen LogP contribution is 2.39. The monoisotopic (exact) mass is 582 g/mol. The molecule has 8 heteroatoms. The van der Waals surface area contributed by atoms with Gasteiger partial charge in [-0.1, -0.05) is 102 Å². The van der Waals surface area contributed by atoms with E-state index in [1.807, 2.05) is 97.1 Å². The molecular weight excluding hydrogens is 559 g/mol. The van der Waals surface area contributed by atoms with E-state index in [-0.39, 0.29) is 11.6 Å². The zero-order valence-electron chi connectivity index (χ0n) is 21.3. The number of benzene rings is 4. The van der Waals surface area contributed by atoms with Crippen molar-refractivity contribution in [3.8, 4) is 11.1 Å². The van der Waals surface area contributed by atoms with Gasteiger partial charge in [0.2, 0.25) is 0 Å². The van der Waals surface area contributed by atoms with E-state index in [0.29, 0.717) is 44.9 Å². The van der Waals surface area contributed by atoms with Gasteiger partial charge >= 0.3 is 0 Å². The van der Waals surface area contributed by atoms with Crippen LogP contribution in [-0.4, -0.2) is 20.8 Å². The first-order chi connectivity index (χ1) is 19.5. The molecule has 0 fully saturated rings. The minimum absolute atomic E-state index is 0.227. The maximum atomic E-state index is 13.7. The number of H-pyrrole nitrogens is 1. The molecule has 2 N–H and O–H groups in total. The van der Waals surface area contributed by atoms with Gasteiger partial charge < -0.3 is 10.3 Å². The summed E-state index contributed by atoms with van der Waals surface area (Å²) in [6.07, 6.45) is 0.436. The summed E-state index contributed by atoms with van der Waals surface area (Å²) in [6.45, 7) is 0.542. The van der Waals surface area contributed by atoms with Crippen LogP contribution in [0.3, 0.4) is 0 Å². The lowest BCUT2D eigenvalue weighted by Gasteiger charge is -2.25. The van der Waals surface area contributed by atoms with Crippen LogP contribution >= 0.6 is 35.4 Å². The molecule has 0 saturated carbocycles. The van der Waals surface area contributed by atoms with E-state index in [1.54, 1.807) is 11.1 Å². The van der Waals surface area contributed by atoms with Gasteiger partial charge in [0.25, 0.3) is 5.56 Å². The first kappa shape index (κ1) is 26.3. The summed E-state index contributed by atoms with van der Waals surface area (Å²) in [5.41, 5.74) is 5.25. The quantitative estimate of drug-likeness (QED) is 0.208. The Hall–Kier alpha value is -3.97. The van der Waals surface area contributed by atoms with Crippen molar-refractivity contribution in [2.45, 2.75) is 19.0 Å². The molecule has 198 valence electrons. The van der Waals surface area contributed by atoms with Gasteiger partial charge in [0.1, 0.15) is 0 Å². The van der Waals surface area contributed by atoms with Crippen molar-refractivity contribution in [1.82, 2.24) is 15.3 Å². The molecule has 1 aliphatic rings. The number of hydrogen-bond acceptors (Lipinski definition) is 3. The molecule has 0 spiro atoms. The predicted octanol–water partition coefficient (Wildman–Crippen LogP) is 7.73. The van der Waals surface area contributed by atoms with Crippen LogP contribution in [0.15, 0.2) is 113 Å². The number of aromatic amines is 1. The van der Waals surface area contributed by atoms with Gasteiger partial charge in [-0.3, -0.25) is 4.79 Å². The van der Waals surface area contributed by atoms with Gasteiger partial charge in [0, 0.05) is 39.5 Å². The number of nitrogens with zero attached hydrogens (tertiary/aromatic N) is 2. The summed E-state index contributed by atoms with van der Waals surface area (Å²) in [7, 11) is 0. The summed E-state index contributed by atoms with van der Waals surface area (Å²) >= 11 is 19.0. The Balaban J connectivity index is 1.49. The predicted molar refractivity (Wildman–Crippen MR) is 168 cm³/mol. The Morgan fingerprint density at radius 2 is 1.62 bits per heavy atom. The number of fused-ring (bicyclic) bond motifs is 1.